The minimum Gasteiger partial charge on any atom is -1.00 e. The molecule has 58 heavy (non-hydrogen) atoms. The molecule has 0 N–H and O–H groups in total. The van der Waals surface area contributed by atoms with E-state index in [1.165, 1.54) is 109 Å². The van der Waals surface area contributed by atoms with Gasteiger partial charge in [0.05, 0.1) is 0 Å². The normalized spacial score (nSPS) is 40.5. The molecule has 3 atom stereocenters. The van der Waals surface area contributed by atoms with Crippen molar-refractivity contribution in [3.05, 3.63) is 117 Å². The van der Waals surface area contributed by atoms with Crippen molar-refractivity contribution in [1.82, 2.24) is 0 Å². The Morgan fingerprint density at radius 3 is 1.48 bits per heavy atom. The van der Waals surface area contributed by atoms with E-state index in [0.29, 0.717) is 28.6 Å². The Balaban J connectivity index is 0.00000136. The van der Waals surface area contributed by atoms with Gasteiger partial charge in [-0.15, -0.1) is 0 Å². The molecule has 0 heterocycles. The van der Waals surface area contributed by atoms with E-state index in [4.69, 9.17) is 0 Å². The first-order chi connectivity index (χ1) is 26.7. The minimum atomic E-state index is -0.0287. The van der Waals surface area contributed by atoms with E-state index in [9.17, 15) is 0 Å². The van der Waals surface area contributed by atoms with E-state index in [2.05, 4.69) is 93.6 Å². The monoisotopic (exact) mass is 884 g/mol. The molecule has 8 bridgehead atoms. The van der Waals surface area contributed by atoms with E-state index in [1.54, 1.807) is 50.1 Å². The Labute approximate surface area is 381 Å². The molecular weight excluding hydrogens is 823 g/mol. The van der Waals surface area contributed by atoms with Gasteiger partial charge in [0.25, 0.3) is 0 Å². The van der Waals surface area contributed by atoms with Gasteiger partial charge in [0.2, 0.25) is 0 Å². The second kappa shape index (κ2) is 14.1. The summed E-state index contributed by atoms with van der Waals surface area (Å²) in [6, 6.07) is 28.8. The summed E-state index contributed by atoms with van der Waals surface area (Å²) in [6.07, 6.45) is 27.4. The van der Waals surface area contributed by atoms with Gasteiger partial charge in [0.15, 0.2) is 0 Å². The second-order valence-electron chi connectivity index (χ2n) is 23.2. The van der Waals surface area contributed by atoms with Gasteiger partial charge in [-0.2, -0.15) is 0 Å². The first-order valence-corrected chi connectivity index (χ1v) is 23.5. The molecule has 0 saturated heterocycles. The molecule has 0 aromatic heterocycles. The zero-order valence-electron chi connectivity index (χ0n) is 35.4. The summed E-state index contributed by atoms with van der Waals surface area (Å²) >= 11 is 0. The average Bonchev–Trinajstić information content (AvgIpc) is 3.83. The number of fused-ring (bicyclic) bond motifs is 5. The third kappa shape index (κ3) is 5.59. The molecule has 9 saturated carbocycles. The molecule has 302 valence electrons. The van der Waals surface area contributed by atoms with Crippen LogP contribution in [0.5, 0.6) is 0 Å². The molecule has 0 nitrogen and oxygen atoms in total. The van der Waals surface area contributed by atoms with Crippen LogP contribution in [-0.4, -0.2) is 0 Å². The van der Waals surface area contributed by atoms with Crippen LogP contribution in [0.25, 0.3) is 11.1 Å². The third-order valence-corrected chi connectivity index (χ3v) is 19.3. The molecule has 12 aliphatic carbocycles. The van der Waals surface area contributed by atoms with Crippen LogP contribution in [0.1, 0.15) is 164 Å². The second-order valence-corrected chi connectivity index (χ2v) is 23.2. The summed E-state index contributed by atoms with van der Waals surface area (Å²) in [4.78, 5) is 0. The zero-order chi connectivity index (χ0) is 36.5. The van der Waals surface area contributed by atoms with Crippen molar-refractivity contribution in [3.8, 4) is 11.1 Å². The Kier molecular flexibility index (Phi) is 9.85. The van der Waals surface area contributed by atoms with Gasteiger partial charge in [-0.3, -0.25) is 0 Å². The topological polar surface area (TPSA) is 0 Å². The number of rotatable bonds is 4. The van der Waals surface area contributed by atoms with E-state index in [0.717, 1.165) is 35.5 Å². The standard InChI is InChI=1S/C55H64.2ClH.Zr/c1-52(2,3)42-25-48-43-11-7-8-12-49(43)55(50(48)26-42,39-9-5-4-6-10-39)51-44-15-13-40(53-27-33-17-34(28-53)19-35(18-33)29-53)23-46(44)47-24-41(14-16-45(47)51)54-30-36-20-37(31-54)22-38(21-36)32-54;;;/h4-6,9-10,13-16,23-24,26,33-38,43,49,51H,7-8,11-12,17-22,25,27-32H2,1-3H3;2*1H;/q;;;+2/p-2. The van der Waals surface area contributed by atoms with Crippen LogP contribution in [0.4, 0.5) is 0 Å². The van der Waals surface area contributed by atoms with Crippen LogP contribution in [0.3, 0.4) is 0 Å². The fourth-order valence-corrected chi connectivity index (χ4v) is 18.1. The molecule has 9 fully saturated rings. The van der Waals surface area contributed by atoms with Crippen molar-refractivity contribution < 1.29 is 51.0 Å². The average molecular weight is 887 g/mol. The molecule has 3 aromatic carbocycles. The molecule has 3 heteroatoms. The van der Waals surface area contributed by atoms with Gasteiger partial charge < -0.3 is 24.8 Å². The largest absolute Gasteiger partial charge is 2.00 e. The Hall–Kier alpha value is -1.40. The maximum Gasteiger partial charge on any atom is 2.00 e. The molecule has 0 aliphatic heterocycles. The van der Waals surface area contributed by atoms with Crippen molar-refractivity contribution >= 4 is 0 Å². The van der Waals surface area contributed by atoms with Gasteiger partial charge in [0.1, 0.15) is 0 Å². The summed E-state index contributed by atoms with van der Waals surface area (Å²) in [7, 11) is 0. The minimum absolute atomic E-state index is 0. The molecular formula is C55H64Cl2Zr. The quantitative estimate of drug-likeness (QED) is 0.248. The Morgan fingerprint density at radius 2 is 1.02 bits per heavy atom. The Morgan fingerprint density at radius 1 is 0.552 bits per heavy atom. The number of benzene rings is 3. The van der Waals surface area contributed by atoms with E-state index in [-0.39, 0.29) is 61.8 Å². The predicted octanol–water partition coefficient (Wildman–Crippen LogP) is 8.17. The summed E-state index contributed by atoms with van der Waals surface area (Å²) in [6.45, 7) is 7.42. The van der Waals surface area contributed by atoms with Gasteiger partial charge in [-0.25, -0.2) is 0 Å². The summed E-state index contributed by atoms with van der Waals surface area (Å²) in [5.41, 5.74) is 18.0. The van der Waals surface area contributed by atoms with Crippen molar-refractivity contribution in [1.29, 1.82) is 0 Å². The Bertz CT molecular complexity index is 2020. The zero-order valence-corrected chi connectivity index (χ0v) is 39.4. The number of halogens is 2. The predicted molar refractivity (Wildman–Crippen MR) is 226 cm³/mol. The van der Waals surface area contributed by atoms with Crippen LogP contribution in [0, 0.1) is 52.8 Å². The van der Waals surface area contributed by atoms with E-state index in [1.807, 2.05) is 5.57 Å². The number of allylic oxidation sites excluding steroid dienone is 4. The van der Waals surface area contributed by atoms with Gasteiger partial charge >= 0.3 is 26.2 Å². The van der Waals surface area contributed by atoms with Crippen molar-refractivity contribution in [2.45, 2.75) is 152 Å². The molecule has 3 aromatic rings. The van der Waals surface area contributed by atoms with Gasteiger partial charge in [-0.1, -0.05) is 118 Å². The van der Waals surface area contributed by atoms with Crippen LogP contribution in [-0.2, 0) is 42.4 Å². The molecule has 0 spiro atoms. The summed E-state index contributed by atoms with van der Waals surface area (Å²) < 4.78 is 0. The molecule has 0 amide bonds. The van der Waals surface area contributed by atoms with Crippen LogP contribution >= 0.6 is 0 Å². The van der Waals surface area contributed by atoms with Crippen molar-refractivity contribution in [2.75, 3.05) is 0 Å². The van der Waals surface area contributed by atoms with E-state index >= 15 is 0 Å². The fraction of sp³-hybridized carbons (Fsp3) is 0.600. The van der Waals surface area contributed by atoms with Crippen molar-refractivity contribution in [2.24, 2.45) is 52.8 Å². The molecule has 0 radical (unpaired) electrons. The van der Waals surface area contributed by atoms with Crippen molar-refractivity contribution in [3.63, 3.8) is 0 Å². The first kappa shape index (κ1) is 40.7. The smallest absolute Gasteiger partial charge is 1.00 e. The maximum absolute atomic E-state index is 2.86. The molecule has 12 aliphatic rings. The van der Waals surface area contributed by atoms with Gasteiger partial charge in [-0.05, 0) is 204 Å². The number of hydrogen-bond acceptors (Lipinski definition) is 0. The SMILES string of the molecule is CC(C)(C)C1=CC2=C(C1)C1CCCCC1C2(c1ccccc1)C1c2ccc(C34CC5CC(CC(C5)C3)C4)cc2-c2cc(C34CC5CC(CC(C5)C3)C4)ccc21.[Cl-].[Cl-].[Zr+2]. The fourth-order valence-electron chi connectivity index (χ4n) is 18.1. The molecule has 15 rings (SSSR count). The van der Waals surface area contributed by atoms with Gasteiger partial charge in [0, 0.05) is 11.3 Å². The third-order valence-electron chi connectivity index (χ3n) is 19.3. The summed E-state index contributed by atoms with van der Waals surface area (Å²) in [5.74, 6) is 7.59. The van der Waals surface area contributed by atoms with Crippen LogP contribution in [0.15, 0.2) is 89.5 Å². The van der Waals surface area contributed by atoms with Crippen LogP contribution in [0.2, 0.25) is 0 Å². The first-order valence-electron chi connectivity index (χ1n) is 23.5. The summed E-state index contributed by atoms with van der Waals surface area (Å²) in [5, 5.41) is 0. The number of hydrogen-bond donors (Lipinski definition) is 0. The van der Waals surface area contributed by atoms with E-state index < -0.39 is 0 Å². The maximum atomic E-state index is 2.86. The molecule has 3 unspecified atom stereocenters. The van der Waals surface area contributed by atoms with Crippen LogP contribution < -0.4 is 24.8 Å².